The molecule has 0 radical (unpaired) electrons. The van der Waals surface area contributed by atoms with Gasteiger partial charge in [-0.2, -0.15) is 0 Å². The molecule has 1 aliphatic heterocycles. The van der Waals surface area contributed by atoms with Crippen molar-refractivity contribution in [3.8, 4) is 0 Å². The molecule has 7 heteroatoms. The molecule has 0 aromatic heterocycles. The quantitative estimate of drug-likeness (QED) is 0.828. The van der Waals surface area contributed by atoms with Gasteiger partial charge >= 0.3 is 0 Å². The summed E-state index contributed by atoms with van der Waals surface area (Å²) in [7, 11) is 1.76. The van der Waals surface area contributed by atoms with Crippen molar-refractivity contribution >= 4 is 23.2 Å². The summed E-state index contributed by atoms with van der Waals surface area (Å²) in [6, 6.07) is 15.6. The van der Waals surface area contributed by atoms with Crippen molar-refractivity contribution in [1.29, 1.82) is 0 Å². The molecule has 148 valence electrons. The zero-order valence-corrected chi connectivity index (χ0v) is 16.0. The van der Waals surface area contributed by atoms with Crippen molar-refractivity contribution in [2.75, 3.05) is 56.5 Å². The molecule has 1 heterocycles. The number of likely N-dealkylation sites (N-methyl/N-ethyl adjacent to an activating group) is 1. The topological polar surface area (TPSA) is 55.9 Å². The number of amides is 2. The number of hydrogen-bond acceptors (Lipinski definition) is 4. The molecular formula is C21H25FN4O2. The van der Waals surface area contributed by atoms with Gasteiger partial charge in [0, 0.05) is 37.6 Å². The third-order valence-electron chi connectivity index (χ3n) is 4.70. The molecule has 3 rings (SSSR count). The number of nitrogens with zero attached hydrogens (tertiary/aromatic N) is 3. The molecule has 0 atom stereocenters. The molecule has 0 unspecified atom stereocenters. The van der Waals surface area contributed by atoms with Crippen molar-refractivity contribution in [2.24, 2.45) is 0 Å². The molecular weight excluding hydrogens is 359 g/mol. The van der Waals surface area contributed by atoms with E-state index in [0.717, 1.165) is 11.4 Å². The minimum atomic E-state index is -0.253. The van der Waals surface area contributed by atoms with Gasteiger partial charge in [-0.15, -0.1) is 0 Å². The number of rotatable bonds is 6. The van der Waals surface area contributed by atoms with E-state index in [9.17, 15) is 14.0 Å². The molecule has 0 saturated carbocycles. The van der Waals surface area contributed by atoms with E-state index in [1.54, 1.807) is 24.1 Å². The number of para-hydroxylation sites is 1. The van der Waals surface area contributed by atoms with Crippen LogP contribution in [-0.4, -0.2) is 67.9 Å². The minimum absolute atomic E-state index is 0.00812. The number of nitrogens with one attached hydrogen (secondary N) is 1. The number of carbonyl (C=O) groups is 2. The second-order valence-corrected chi connectivity index (χ2v) is 6.93. The summed E-state index contributed by atoms with van der Waals surface area (Å²) in [6.07, 6.45) is 0. The maximum Gasteiger partial charge on any atom is 0.238 e. The summed E-state index contributed by atoms with van der Waals surface area (Å²) < 4.78 is 13.1. The van der Waals surface area contributed by atoms with E-state index in [1.807, 2.05) is 35.2 Å². The third kappa shape index (κ3) is 5.53. The van der Waals surface area contributed by atoms with Crippen LogP contribution in [0.2, 0.25) is 0 Å². The van der Waals surface area contributed by atoms with Gasteiger partial charge in [-0.3, -0.25) is 14.5 Å². The van der Waals surface area contributed by atoms with Crippen LogP contribution in [0.25, 0.3) is 0 Å². The predicted molar refractivity (Wildman–Crippen MR) is 108 cm³/mol. The summed E-state index contributed by atoms with van der Waals surface area (Å²) in [5.41, 5.74) is 1.70. The van der Waals surface area contributed by atoms with Crippen LogP contribution in [0.3, 0.4) is 0 Å². The summed E-state index contributed by atoms with van der Waals surface area (Å²) >= 11 is 0. The second-order valence-electron chi connectivity index (χ2n) is 6.93. The smallest absolute Gasteiger partial charge is 0.238 e. The first kappa shape index (κ1) is 19.8. The van der Waals surface area contributed by atoms with E-state index < -0.39 is 0 Å². The Morgan fingerprint density at radius 3 is 2.25 bits per heavy atom. The van der Waals surface area contributed by atoms with Crippen LogP contribution < -0.4 is 10.2 Å². The lowest BCUT2D eigenvalue weighted by Gasteiger charge is -2.36. The molecule has 2 aromatic rings. The highest BCUT2D eigenvalue weighted by Gasteiger charge is 2.22. The Labute approximate surface area is 164 Å². The van der Waals surface area contributed by atoms with Crippen molar-refractivity contribution in [2.45, 2.75) is 0 Å². The highest BCUT2D eigenvalue weighted by Crippen LogP contribution is 2.17. The second kappa shape index (κ2) is 9.32. The van der Waals surface area contributed by atoms with Crippen LogP contribution in [0.4, 0.5) is 15.8 Å². The van der Waals surface area contributed by atoms with Gasteiger partial charge in [0.25, 0.3) is 0 Å². The van der Waals surface area contributed by atoms with E-state index in [1.165, 1.54) is 12.1 Å². The molecule has 2 aromatic carbocycles. The highest BCUT2D eigenvalue weighted by atomic mass is 19.1. The Bertz CT molecular complexity index is 790. The monoisotopic (exact) mass is 384 g/mol. The van der Waals surface area contributed by atoms with Crippen LogP contribution in [0.15, 0.2) is 54.6 Å². The number of carbonyl (C=O) groups excluding carboxylic acids is 2. The molecule has 28 heavy (non-hydrogen) atoms. The zero-order valence-electron chi connectivity index (χ0n) is 16.0. The molecule has 0 bridgehead atoms. The number of hydrogen-bond donors (Lipinski definition) is 1. The Kier molecular flexibility index (Phi) is 6.60. The lowest BCUT2D eigenvalue weighted by Crippen LogP contribution is -2.51. The van der Waals surface area contributed by atoms with Crippen molar-refractivity contribution < 1.29 is 14.0 Å². The number of halogens is 1. The van der Waals surface area contributed by atoms with Crippen LogP contribution in [0.1, 0.15) is 0 Å². The first-order valence-corrected chi connectivity index (χ1v) is 9.33. The lowest BCUT2D eigenvalue weighted by atomic mass is 10.2. The third-order valence-corrected chi connectivity index (χ3v) is 4.70. The summed E-state index contributed by atoms with van der Waals surface area (Å²) in [5.74, 6) is -0.395. The average molecular weight is 384 g/mol. The van der Waals surface area contributed by atoms with Crippen molar-refractivity contribution in [1.82, 2.24) is 9.80 Å². The van der Waals surface area contributed by atoms with Crippen LogP contribution in [-0.2, 0) is 9.59 Å². The fourth-order valence-corrected chi connectivity index (χ4v) is 3.22. The summed E-state index contributed by atoms with van der Waals surface area (Å²) in [4.78, 5) is 30.3. The predicted octanol–water partition coefficient (Wildman–Crippen LogP) is 2.04. The van der Waals surface area contributed by atoms with Crippen LogP contribution >= 0.6 is 0 Å². The van der Waals surface area contributed by atoms with Gasteiger partial charge in [-0.1, -0.05) is 18.2 Å². The van der Waals surface area contributed by atoms with E-state index in [0.29, 0.717) is 26.2 Å². The molecule has 1 saturated heterocycles. The highest BCUT2D eigenvalue weighted by molar-refractivity contribution is 5.92. The molecule has 0 spiro atoms. The molecule has 1 aliphatic rings. The molecule has 6 nitrogen and oxygen atoms in total. The minimum Gasteiger partial charge on any atom is -0.368 e. The Hall–Kier alpha value is -2.93. The van der Waals surface area contributed by atoms with E-state index in [-0.39, 0.29) is 30.7 Å². The van der Waals surface area contributed by atoms with Crippen molar-refractivity contribution in [3.05, 3.63) is 60.4 Å². The Morgan fingerprint density at radius 1 is 0.964 bits per heavy atom. The SMILES string of the molecule is CN(CC(=O)Nc1ccccc1)CC(=O)N1CCN(c2ccc(F)cc2)CC1. The van der Waals surface area contributed by atoms with Crippen LogP contribution in [0.5, 0.6) is 0 Å². The number of piperazine rings is 1. The molecule has 1 N–H and O–H groups in total. The average Bonchev–Trinajstić information content (AvgIpc) is 2.69. The summed E-state index contributed by atoms with van der Waals surface area (Å²) in [6.45, 7) is 2.97. The molecule has 1 fully saturated rings. The van der Waals surface area contributed by atoms with Gasteiger partial charge in [0.05, 0.1) is 13.1 Å². The van der Waals surface area contributed by atoms with Gasteiger partial charge in [-0.25, -0.2) is 4.39 Å². The molecule has 0 aliphatic carbocycles. The first-order valence-electron chi connectivity index (χ1n) is 9.33. The Morgan fingerprint density at radius 2 is 1.61 bits per heavy atom. The van der Waals surface area contributed by atoms with Gasteiger partial charge in [-0.05, 0) is 43.4 Å². The number of anilines is 2. The molecule has 2 amide bonds. The normalized spacial score (nSPS) is 14.2. The lowest BCUT2D eigenvalue weighted by molar-refractivity contribution is -0.132. The van der Waals surface area contributed by atoms with Gasteiger partial charge in [0.1, 0.15) is 5.82 Å². The van der Waals surface area contributed by atoms with Gasteiger partial charge in [0.15, 0.2) is 0 Å². The first-order chi connectivity index (χ1) is 13.5. The standard InChI is InChI=1S/C21H25FN4O2/c1-24(15-20(27)23-18-5-3-2-4-6-18)16-21(28)26-13-11-25(12-14-26)19-9-7-17(22)8-10-19/h2-10H,11-16H2,1H3,(H,23,27). The van der Waals surface area contributed by atoms with Crippen molar-refractivity contribution in [3.63, 3.8) is 0 Å². The zero-order chi connectivity index (χ0) is 19.9. The fourth-order valence-electron chi connectivity index (χ4n) is 3.22. The summed E-state index contributed by atoms with van der Waals surface area (Å²) in [5, 5.41) is 2.81. The number of benzene rings is 2. The largest absolute Gasteiger partial charge is 0.368 e. The van der Waals surface area contributed by atoms with E-state index >= 15 is 0 Å². The maximum atomic E-state index is 13.1. The fraction of sp³-hybridized carbons (Fsp3) is 0.333. The van der Waals surface area contributed by atoms with E-state index in [4.69, 9.17) is 0 Å². The van der Waals surface area contributed by atoms with Gasteiger partial charge in [0.2, 0.25) is 11.8 Å². The Balaban J connectivity index is 1.42. The van der Waals surface area contributed by atoms with E-state index in [2.05, 4.69) is 10.2 Å². The van der Waals surface area contributed by atoms with Gasteiger partial charge < -0.3 is 15.1 Å². The van der Waals surface area contributed by atoms with Crippen LogP contribution in [0, 0.1) is 5.82 Å². The maximum absolute atomic E-state index is 13.1.